The van der Waals surface area contributed by atoms with Crippen molar-refractivity contribution in [3.63, 3.8) is 0 Å². The Labute approximate surface area is 234 Å². The minimum absolute atomic E-state index is 0.0511. The van der Waals surface area contributed by atoms with Gasteiger partial charge in [-0.1, -0.05) is 55.4 Å². The van der Waals surface area contributed by atoms with Crippen molar-refractivity contribution in [2.75, 3.05) is 26.3 Å². The van der Waals surface area contributed by atoms with Gasteiger partial charge in [-0.15, -0.1) is 0 Å². The standard InChI is InChI=1S/C31H49N3O5/c1-23(14-15-26-25(3)12-9-17-31(26,4)5)10-8-11-24(2)22-29(36)33-19-21-39-20-16-28(35)34-27(30(37)38)13-6-7-18-32/h8,10-11,14-15,22,27H,6-7,9,12-13,16-21,32H2,1-5H3,(H,33,36)(H,34,35)(H,37,38). The second-order valence-electron chi connectivity index (χ2n) is 10.8. The van der Waals surface area contributed by atoms with E-state index in [9.17, 15) is 19.5 Å². The lowest BCUT2D eigenvalue weighted by molar-refractivity contribution is -0.142. The van der Waals surface area contributed by atoms with Crippen LogP contribution in [-0.4, -0.2) is 55.2 Å². The number of amides is 2. The molecule has 0 aromatic carbocycles. The van der Waals surface area contributed by atoms with E-state index in [-0.39, 0.29) is 36.9 Å². The molecule has 0 bridgehead atoms. The molecule has 0 aromatic heterocycles. The summed E-state index contributed by atoms with van der Waals surface area (Å²) in [6, 6.07) is -0.917. The predicted octanol–water partition coefficient (Wildman–Crippen LogP) is 4.74. The third-order valence-electron chi connectivity index (χ3n) is 6.73. The van der Waals surface area contributed by atoms with Crippen LogP contribution < -0.4 is 16.4 Å². The number of carboxylic acids is 1. The summed E-state index contributed by atoms with van der Waals surface area (Å²) in [7, 11) is 0. The topological polar surface area (TPSA) is 131 Å². The molecule has 0 aromatic rings. The Kier molecular flexibility index (Phi) is 16.0. The van der Waals surface area contributed by atoms with Gasteiger partial charge in [-0.3, -0.25) is 9.59 Å². The molecule has 5 N–H and O–H groups in total. The van der Waals surface area contributed by atoms with Crippen LogP contribution in [0.2, 0.25) is 0 Å². The number of carbonyl (C=O) groups excluding carboxylic acids is 2. The van der Waals surface area contributed by atoms with Gasteiger partial charge < -0.3 is 26.2 Å². The normalized spacial score (nSPS) is 17.1. The number of allylic oxidation sites excluding steroid dienone is 9. The van der Waals surface area contributed by atoms with Crippen LogP contribution in [0.4, 0.5) is 0 Å². The van der Waals surface area contributed by atoms with Crippen molar-refractivity contribution in [3.8, 4) is 0 Å². The van der Waals surface area contributed by atoms with Crippen LogP contribution >= 0.6 is 0 Å². The Morgan fingerprint density at radius 1 is 1.13 bits per heavy atom. The van der Waals surface area contributed by atoms with E-state index in [1.54, 1.807) is 0 Å². The Balaban J connectivity index is 2.34. The van der Waals surface area contributed by atoms with Gasteiger partial charge in [0.05, 0.1) is 13.2 Å². The number of ether oxygens (including phenoxy) is 1. The fourth-order valence-corrected chi connectivity index (χ4v) is 4.47. The molecule has 8 nitrogen and oxygen atoms in total. The highest BCUT2D eigenvalue weighted by Crippen LogP contribution is 2.40. The van der Waals surface area contributed by atoms with E-state index in [2.05, 4.69) is 50.5 Å². The maximum absolute atomic E-state index is 12.1. The first-order valence-corrected chi connectivity index (χ1v) is 14.0. The number of carboxylic acid groups (broad SMARTS) is 1. The molecule has 1 aliphatic rings. The number of carbonyl (C=O) groups is 3. The van der Waals surface area contributed by atoms with Crippen LogP contribution in [0.25, 0.3) is 0 Å². The number of aliphatic carboxylic acids is 1. The number of hydrogen-bond donors (Lipinski definition) is 4. The Morgan fingerprint density at radius 3 is 2.54 bits per heavy atom. The van der Waals surface area contributed by atoms with Gasteiger partial charge in [-0.05, 0) is 82.4 Å². The zero-order valence-electron chi connectivity index (χ0n) is 24.5. The van der Waals surface area contributed by atoms with Gasteiger partial charge in [0, 0.05) is 19.0 Å². The molecular weight excluding hydrogens is 494 g/mol. The van der Waals surface area contributed by atoms with Crippen molar-refractivity contribution < 1.29 is 24.2 Å². The summed E-state index contributed by atoms with van der Waals surface area (Å²) in [5.41, 5.74) is 10.5. The predicted molar refractivity (Wildman–Crippen MR) is 157 cm³/mol. The number of hydrogen-bond acceptors (Lipinski definition) is 5. The first-order chi connectivity index (χ1) is 18.5. The fourth-order valence-electron chi connectivity index (χ4n) is 4.47. The summed E-state index contributed by atoms with van der Waals surface area (Å²) >= 11 is 0. The van der Waals surface area contributed by atoms with Gasteiger partial charge in [0.2, 0.25) is 11.8 Å². The molecule has 0 aliphatic heterocycles. The summed E-state index contributed by atoms with van der Waals surface area (Å²) in [5, 5.41) is 14.5. The molecule has 8 heteroatoms. The molecule has 1 atom stereocenters. The van der Waals surface area contributed by atoms with Crippen molar-refractivity contribution in [3.05, 3.63) is 58.7 Å². The molecule has 218 valence electrons. The van der Waals surface area contributed by atoms with Crippen LogP contribution in [0, 0.1) is 5.41 Å². The Bertz CT molecular complexity index is 973. The van der Waals surface area contributed by atoms with E-state index in [0.717, 1.165) is 11.1 Å². The number of nitrogens with one attached hydrogen (secondary N) is 2. The molecule has 0 saturated carbocycles. The van der Waals surface area contributed by atoms with Crippen LogP contribution in [-0.2, 0) is 19.1 Å². The molecule has 0 heterocycles. The fraction of sp³-hybridized carbons (Fsp3) is 0.581. The van der Waals surface area contributed by atoms with Crippen LogP contribution in [0.15, 0.2) is 58.7 Å². The summed E-state index contributed by atoms with van der Waals surface area (Å²) in [5.74, 6) is -1.66. The maximum atomic E-state index is 12.1. The third-order valence-corrected chi connectivity index (χ3v) is 6.73. The van der Waals surface area contributed by atoms with E-state index in [1.165, 1.54) is 36.5 Å². The van der Waals surface area contributed by atoms with Gasteiger partial charge in [-0.2, -0.15) is 0 Å². The maximum Gasteiger partial charge on any atom is 0.326 e. The van der Waals surface area contributed by atoms with Gasteiger partial charge in [0.25, 0.3) is 0 Å². The average Bonchev–Trinajstić information content (AvgIpc) is 2.84. The summed E-state index contributed by atoms with van der Waals surface area (Å²) in [6.45, 7) is 12.0. The molecule has 1 rings (SSSR count). The van der Waals surface area contributed by atoms with Gasteiger partial charge in [0.1, 0.15) is 6.04 Å². The SMILES string of the molecule is CC(C=CC1=C(C)CCCC1(C)C)=CC=CC(C)=CC(=O)NCCOCCC(=O)NC(CCCCN)C(=O)O. The molecule has 1 unspecified atom stereocenters. The molecule has 0 fully saturated rings. The second kappa shape index (κ2) is 18.3. The number of nitrogens with two attached hydrogens (primary N) is 1. The minimum Gasteiger partial charge on any atom is -0.480 e. The number of rotatable bonds is 17. The summed E-state index contributed by atoms with van der Waals surface area (Å²) < 4.78 is 5.39. The smallest absolute Gasteiger partial charge is 0.326 e. The Hall–Kier alpha value is -2.97. The number of unbranched alkanes of at least 4 members (excludes halogenated alkanes) is 1. The summed E-state index contributed by atoms with van der Waals surface area (Å²) in [6.07, 6.45) is 17.2. The molecule has 0 saturated heterocycles. The van der Waals surface area contributed by atoms with E-state index in [4.69, 9.17) is 10.5 Å². The zero-order valence-corrected chi connectivity index (χ0v) is 24.5. The molecule has 0 spiro atoms. The largest absolute Gasteiger partial charge is 0.480 e. The van der Waals surface area contributed by atoms with Gasteiger partial charge in [-0.25, -0.2) is 4.79 Å². The first-order valence-electron chi connectivity index (χ1n) is 14.0. The molecule has 0 radical (unpaired) electrons. The molecule has 2 amide bonds. The monoisotopic (exact) mass is 543 g/mol. The lowest BCUT2D eigenvalue weighted by atomic mass is 9.72. The van der Waals surface area contributed by atoms with Gasteiger partial charge >= 0.3 is 5.97 Å². The van der Waals surface area contributed by atoms with E-state index in [0.29, 0.717) is 32.4 Å². The van der Waals surface area contributed by atoms with Crippen molar-refractivity contribution >= 4 is 17.8 Å². The van der Waals surface area contributed by atoms with Crippen molar-refractivity contribution in [2.24, 2.45) is 11.1 Å². The lowest BCUT2D eigenvalue weighted by Crippen LogP contribution is -2.41. The highest BCUT2D eigenvalue weighted by molar-refractivity contribution is 5.88. The minimum atomic E-state index is -1.06. The molecular formula is C31H49N3O5. The zero-order chi connectivity index (χ0) is 29.3. The lowest BCUT2D eigenvalue weighted by Gasteiger charge is -2.32. The first kappa shape index (κ1) is 34.1. The average molecular weight is 544 g/mol. The van der Waals surface area contributed by atoms with Crippen LogP contribution in [0.5, 0.6) is 0 Å². The highest BCUT2D eigenvalue weighted by Gasteiger charge is 2.26. The Morgan fingerprint density at radius 2 is 1.87 bits per heavy atom. The van der Waals surface area contributed by atoms with Crippen LogP contribution in [0.1, 0.15) is 79.6 Å². The van der Waals surface area contributed by atoms with E-state index < -0.39 is 12.0 Å². The van der Waals surface area contributed by atoms with E-state index in [1.807, 2.05) is 25.2 Å². The van der Waals surface area contributed by atoms with Crippen molar-refractivity contribution in [1.29, 1.82) is 0 Å². The highest BCUT2D eigenvalue weighted by atomic mass is 16.5. The molecule has 39 heavy (non-hydrogen) atoms. The van der Waals surface area contributed by atoms with Crippen molar-refractivity contribution in [1.82, 2.24) is 10.6 Å². The van der Waals surface area contributed by atoms with E-state index >= 15 is 0 Å². The quantitative estimate of drug-likeness (QED) is 0.119. The van der Waals surface area contributed by atoms with Crippen molar-refractivity contribution in [2.45, 2.75) is 85.6 Å². The second-order valence-corrected chi connectivity index (χ2v) is 10.8. The van der Waals surface area contributed by atoms with Crippen LogP contribution in [0.3, 0.4) is 0 Å². The summed E-state index contributed by atoms with van der Waals surface area (Å²) in [4.78, 5) is 35.3. The third kappa shape index (κ3) is 14.7. The molecule has 1 aliphatic carbocycles. The van der Waals surface area contributed by atoms with Gasteiger partial charge in [0.15, 0.2) is 0 Å².